The van der Waals surface area contributed by atoms with Gasteiger partial charge in [0.15, 0.2) is 0 Å². The molecule has 8 heteroatoms. The van der Waals surface area contributed by atoms with Crippen LogP contribution in [0.2, 0.25) is 0 Å². The second-order valence-corrected chi connectivity index (χ2v) is 4.34. The van der Waals surface area contributed by atoms with Crippen LogP contribution in [0.1, 0.15) is 24.6 Å². The van der Waals surface area contributed by atoms with Crippen molar-refractivity contribution in [3.8, 4) is 0 Å². The molecular formula is C10H14N4O4. The lowest BCUT2D eigenvalue weighted by Gasteiger charge is -2.31. The molecular weight excluding hydrogens is 240 g/mol. The molecule has 1 saturated heterocycles. The van der Waals surface area contributed by atoms with Crippen molar-refractivity contribution in [2.45, 2.75) is 25.8 Å². The van der Waals surface area contributed by atoms with Gasteiger partial charge in [0.2, 0.25) is 0 Å². The summed E-state index contributed by atoms with van der Waals surface area (Å²) in [5.74, 6) is 0. The molecule has 18 heavy (non-hydrogen) atoms. The van der Waals surface area contributed by atoms with Gasteiger partial charge in [-0.1, -0.05) is 0 Å². The average molecular weight is 254 g/mol. The topological polar surface area (TPSA) is 102 Å². The van der Waals surface area contributed by atoms with Crippen molar-refractivity contribution >= 4 is 11.8 Å². The van der Waals surface area contributed by atoms with E-state index in [4.69, 9.17) is 5.11 Å². The third-order valence-electron chi connectivity index (χ3n) is 3.23. The number of rotatable bonds is 2. The zero-order valence-corrected chi connectivity index (χ0v) is 9.94. The van der Waals surface area contributed by atoms with Crippen LogP contribution in [0.25, 0.3) is 0 Å². The summed E-state index contributed by atoms with van der Waals surface area (Å²) < 4.78 is 1.56. The van der Waals surface area contributed by atoms with Gasteiger partial charge >= 0.3 is 11.8 Å². The van der Waals surface area contributed by atoms with Gasteiger partial charge in [-0.25, -0.2) is 4.79 Å². The SMILES string of the molecule is Cc1c([N+](=O)[O-])cnn1C1CCCN(C(=O)O)C1. The summed E-state index contributed by atoms with van der Waals surface area (Å²) in [6.07, 6.45) is 1.78. The number of hydrogen-bond donors (Lipinski definition) is 1. The molecule has 1 amide bonds. The molecule has 1 aliphatic rings. The monoisotopic (exact) mass is 254 g/mol. The number of piperidine rings is 1. The van der Waals surface area contributed by atoms with Crippen molar-refractivity contribution < 1.29 is 14.8 Å². The molecule has 1 aromatic heterocycles. The highest BCUT2D eigenvalue weighted by atomic mass is 16.6. The molecule has 0 spiro atoms. The van der Waals surface area contributed by atoms with E-state index in [0.717, 1.165) is 12.8 Å². The minimum Gasteiger partial charge on any atom is -0.465 e. The highest BCUT2D eigenvalue weighted by Crippen LogP contribution is 2.26. The average Bonchev–Trinajstić information content (AvgIpc) is 2.71. The van der Waals surface area contributed by atoms with Gasteiger partial charge in [0.1, 0.15) is 11.9 Å². The van der Waals surface area contributed by atoms with Crippen molar-refractivity contribution in [3.05, 3.63) is 22.0 Å². The van der Waals surface area contributed by atoms with Gasteiger partial charge in [0.05, 0.1) is 11.0 Å². The van der Waals surface area contributed by atoms with E-state index in [1.165, 1.54) is 11.1 Å². The summed E-state index contributed by atoms with van der Waals surface area (Å²) >= 11 is 0. The van der Waals surface area contributed by atoms with Crippen molar-refractivity contribution in [1.82, 2.24) is 14.7 Å². The number of hydrogen-bond acceptors (Lipinski definition) is 4. The van der Waals surface area contributed by atoms with E-state index in [0.29, 0.717) is 18.8 Å². The molecule has 1 fully saturated rings. The minimum absolute atomic E-state index is 0.0255. The van der Waals surface area contributed by atoms with E-state index in [-0.39, 0.29) is 11.7 Å². The highest BCUT2D eigenvalue weighted by Gasteiger charge is 2.28. The summed E-state index contributed by atoms with van der Waals surface area (Å²) in [5.41, 5.74) is 0.444. The summed E-state index contributed by atoms with van der Waals surface area (Å²) in [7, 11) is 0. The Morgan fingerprint density at radius 1 is 1.67 bits per heavy atom. The van der Waals surface area contributed by atoms with Gasteiger partial charge in [-0.3, -0.25) is 14.8 Å². The maximum atomic E-state index is 10.9. The summed E-state index contributed by atoms with van der Waals surface area (Å²) in [5, 5.41) is 23.7. The fraction of sp³-hybridized carbons (Fsp3) is 0.600. The zero-order valence-electron chi connectivity index (χ0n) is 9.94. The number of amides is 1. The van der Waals surface area contributed by atoms with Gasteiger partial charge < -0.3 is 10.0 Å². The summed E-state index contributed by atoms with van der Waals surface area (Å²) in [6, 6.07) is -0.122. The molecule has 8 nitrogen and oxygen atoms in total. The maximum Gasteiger partial charge on any atom is 0.407 e. The quantitative estimate of drug-likeness (QED) is 0.635. The Labute approximate surface area is 103 Å². The number of carbonyl (C=O) groups is 1. The van der Waals surface area contributed by atoms with E-state index in [9.17, 15) is 14.9 Å². The normalized spacial score (nSPS) is 19.8. The minimum atomic E-state index is -0.959. The van der Waals surface area contributed by atoms with Crippen LogP contribution in [0.15, 0.2) is 6.20 Å². The highest BCUT2D eigenvalue weighted by molar-refractivity contribution is 5.65. The summed E-state index contributed by atoms with van der Waals surface area (Å²) in [4.78, 5) is 22.5. The van der Waals surface area contributed by atoms with Gasteiger partial charge in [-0.05, 0) is 19.8 Å². The zero-order chi connectivity index (χ0) is 13.3. The molecule has 1 atom stereocenters. The molecule has 0 aromatic carbocycles. The first-order chi connectivity index (χ1) is 8.50. The molecule has 1 unspecified atom stereocenters. The van der Waals surface area contributed by atoms with E-state index < -0.39 is 11.0 Å². The third kappa shape index (κ3) is 2.13. The second kappa shape index (κ2) is 4.63. The molecule has 98 valence electrons. The van der Waals surface area contributed by atoms with Gasteiger partial charge in [0, 0.05) is 13.1 Å². The molecule has 0 bridgehead atoms. The van der Waals surface area contributed by atoms with Crippen LogP contribution in [0.5, 0.6) is 0 Å². The third-order valence-corrected chi connectivity index (χ3v) is 3.23. The van der Waals surface area contributed by atoms with Crippen molar-refractivity contribution in [1.29, 1.82) is 0 Å². The van der Waals surface area contributed by atoms with E-state index in [1.54, 1.807) is 11.6 Å². The van der Waals surface area contributed by atoms with Crippen LogP contribution in [-0.2, 0) is 0 Å². The van der Waals surface area contributed by atoms with Crippen LogP contribution in [0.3, 0.4) is 0 Å². The number of carboxylic acid groups (broad SMARTS) is 1. The first-order valence-electron chi connectivity index (χ1n) is 5.67. The molecule has 2 heterocycles. The summed E-state index contributed by atoms with van der Waals surface area (Å²) in [6.45, 7) is 2.47. The molecule has 2 rings (SSSR count). The predicted molar refractivity (Wildman–Crippen MR) is 61.5 cm³/mol. The predicted octanol–water partition coefficient (Wildman–Crippen LogP) is 1.41. The number of nitro groups is 1. The van der Waals surface area contributed by atoms with Crippen LogP contribution >= 0.6 is 0 Å². The van der Waals surface area contributed by atoms with E-state index in [2.05, 4.69) is 5.10 Å². The van der Waals surface area contributed by atoms with Crippen LogP contribution in [0, 0.1) is 17.0 Å². The van der Waals surface area contributed by atoms with Crippen molar-refractivity contribution in [2.75, 3.05) is 13.1 Å². The Kier molecular flexibility index (Phi) is 3.17. The van der Waals surface area contributed by atoms with Gasteiger partial charge in [-0.15, -0.1) is 0 Å². The van der Waals surface area contributed by atoms with E-state index >= 15 is 0 Å². The molecule has 1 aromatic rings. The molecule has 1 aliphatic heterocycles. The fourth-order valence-corrected chi connectivity index (χ4v) is 2.29. The van der Waals surface area contributed by atoms with Crippen LogP contribution in [0.4, 0.5) is 10.5 Å². The lowest BCUT2D eigenvalue weighted by Crippen LogP contribution is -2.40. The van der Waals surface area contributed by atoms with Crippen molar-refractivity contribution in [3.63, 3.8) is 0 Å². The first-order valence-corrected chi connectivity index (χ1v) is 5.67. The number of nitrogens with zero attached hydrogens (tertiary/aromatic N) is 4. The molecule has 0 aliphatic carbocycles. The Balaban J connectivity index is 2.21. The molecule has 1 N–H and O–H groups in total. The van der Waals surface area contributed by atoms with Crippen molar-refractivity contribution in [2.24, 2.45) is 0 Å². The lowest BCUT2D eigenvalue weighted by atomic mass is 10.1. The van der Waals surface area contributed by atoms with Crippen LogP contribution < -0.4 is 0 Å². The molecule has 0 radical (unpaired) electrons. The maximum absolute atomic E-state index is 10.9. The standard InChI is InChI=1S/C10H14N4O4/c1-7-9(14(17)18)5-11-13(7)8-3-2-4-12(6-8)10(15)16/h5,8H,2-4,6H2,1H3,(H,15,16). The largest absolute Gasteiger partial charge is 0.465 e. The number of likely N-dealkylation sites (tertiary alicyclic amines) is 1. The smallest absolute Gasteiger partial charge is 0.407 e. The Morgan fingerprint density at radius 3 is 2.94 bits per heavy atom. The molecule has 0 saturated carbocycles. The second-order valence-electron chi connectivity index (χ2n) is 4.34. The Bertz CT molecular complexity index is 484. The van der Waals surface area contributed by atoms with Gasteiger partial charge in [-0.2, -0.15) is 5.10 Å². The number of aromatic nitrogens is 2. The lowest BCUT2D eigenvalue weighted by molar-refractivity contribution is -0.385. The van der Waals surface area contributed by atoms with Crippen LogP contribution in [-0.4, -0.2) is 43.9 Å². The Morgan fingerprint density at radius 2 is 2.39 bits per heavy atom. The fourth-order valence-electron chi connectivity index (χ4n) is 2.29. The van der Waals surface area contributed by atoms with E-state index in [1.807, 2.05) is 0 Å². The first kappa shape index (κ1) is 12.3. The Hall–Kier alpha value is -2.12. The van der Waals surface area contributed by atoms with Gasteiger partial charge in [0.25, 0.3) is 0 Å².